The average molecular weight is 550 g/mol. The third kappa shape index (κ3) is 6.91. The second kappa shape index (κ2) is 11.2. The number of carbonyl (C=O) groups excluding carboxylic acids is 2. The van der Waals surface area contributed by atoms with E-state index in [2.05, 4.69) is 36.5 Å². The number of aromatic amines is 1. The lowest BCUT2D eigenvalue weighted by Gasteiger charge is -2.20. The van der Waals surface area contributed by atoms with E-state index in [1.165, 1.54) is 18.3 Å². The van der Waals surface area contributed by atoms with Gasteiger partial charge in [-0.05, 0) is 29.8 Å². The Morgan fingerprint density at radius 2 is 1.87 bits per heavy atom. The molecule has 2 unspecified atom stereocenters. The van der Waals surface area contributed by atoms with Gasteiger partial charge in [-0.15, -0.1) is 0 Å². The van der Waals surface area contributed by atoms with E-state index in [1.54, 1.807) is 0 Å². The molecule has 1 aliphatic heterocycles. The Kier molecular flexibility index (Phi) is 7.83. The molecular formula is C23H22F4N8O4. The molecule has 0 saturated heterocycles. The van der Waals surface area contributed by atoms with E-state index in [0.717, 1.165) is 24.3 Å². The quantitative estimate of drug-likeness (QED) is 0.174. The zero-order valence-electron chi connectivity index (χ0n) is 19.9. The summed E-state index contributed by atoms with van der Waals surface area (Å²) < 4.78 is 51.8. The van der Waals surface area contributed by atoms with Crippen molar-refractivity contribution in [3.63, 3.8) is 0 Å². The number of nitrogens with zero attached hydrogens (tertiary/aromatic N) is 2. The maximum absolute atomic E-state index is 13.3. The Morgan fingerprint density at radius 1 is 1.13 bits per heavy atom. The Labute approximate surface area is 217 Å². The molecule has 2 heterocycles. The highest BCUT2D eigenvalue weighted by Gasteiger charge is 2.30. The summed E-state index contributed by atoms with van der Waals surface area (Å²) in [5.74, 6) is -1.17. The van der Waals surface area contributed by atoms with Gasteiger partial charge in [0.25, 0.3) is 5.91 Å². The number of hydrogen-bond donors (Lipinski definition) is 7. The molecule has 0 aliphatic carbocycles. The minimum Gasteiger partial charge on any atom is -0.465 e. The summed E-state index contributed by atoms with van der Waals surface area (Å²) in [6, 6.07) is 6.52. The minimum absolute atomic E-state index is 0.0245. The smallest absolute Gasteiger partial charge is 0.416 e. The van der Waals surface area contributed by atoms with Crippen LogP contribution in [0, 0.1) is 0 Å². The Morgan fingerprint density at radius 3 is 2.51 bits per heavy atom. The molecule has 16 heteroatoms. The number of carboxylic acid groups (broad SMARTS) is 1. The Bertz CT molecular complexity index is 1410. The maximum Gasteiger partial charge on any atom is 0.416 e. The lowest BCUT2D eigenvalue weighted by Crippen LogP contribution is -2.44. The molecule has 0 spiro atoms. The van der Waals surface area contributed by atoms with Crippen molar-refractivity contribution in [2.24, 2.45) is 4.99 Å². The fraction of sp³-hybridized carbons (Fsp3) is 0.261. The molecule has 4 rings (SSSR count). The van der Waals surface area contributed by atoms with Crippen LogP contribution in [-0.2, 0) is 11.0 Å². The van der Waals surface area contributed by atoms with Gasteiger partial charge in [-0.3, -0.25) is 20.0 Å². The maximum atomic E-state index is 13.3. The lowest BCUT2D eigenvalue weighted by molar-refractivity contribution is -0.137. The summed E-state index contributed by atoms with van der Waals surface area (Å²) in [6.45, 7) is -0.531. The van der Waals surface area contributed by atoms with Crippen LogP contribution in [0.4, 0.5) is 28.0 Å². The van der Waals surface area contributed by atoms with Crippen molar-refractivity contribution < 1.29 is 37.1 Å². The number of carbonyl (C=O) groups is 3. The highest BCUT2D eigenvalue weighted by atomic mass is 19.4. The van der Waals surface area contributed by atoms with E-state index in [9.17, 15) is 31.9 Å². The van der Waals surface area contributed by atoms with Crippen LogP contribution in [0.1, 0.15) is 27.7 Å². The van der Waals surface area contributed by atoms with Gasteiger partial charge in [0.2, 0.25) is 5.91 Å². The summed E-state index contributed by atoms with van der Waals surface area (Å²) >= 11 is 0. The standard InChI is InChI=1S/C23H22F4N8O4/c24-14-7-29-21(30-8-14)32-16-5-12(6-17-15(16)9-31-35-17)20(37)28-10-18(36)33-19(34-22(38)39)11-1-3-13(4-2-11)23(25,26)27/h1-6,9,14,19,34H,7-8,10H2,(H,28,37)(H,31,35)(H,33,36)(H,38,39)(H2,29,30,32). The minimum atomic E-state index is -4.59. The molecular weight excluding hydrogens is 528 g/mol. The summed E-state index contributed by atoms with van der Waals surface area (Å²) in [5.41, 5.74) is 0.156. The molecule has 2 aromatic carbocycles. The van der Waals surface area contributed by atoms with Gasteiger partial charge in [0.05, 0.1) is 42.6 Å². The van der Waals surface area contributed by atoms with Crippen LogP contribution in [0.5, 0.6) is 0 Å². The van der Waals surface area contributed by atoms with Gasteiger partial charge in [0.15, 0.2) is 5.96 Å². The topological polar surface area (TPSA) is 173 Å². The number of fused-ring (bicyclic) bond motifs is 1. The highest BCUT2D eigenvalue weighted by molar-refractivity contribution is 6.07. The number of alkyl halides is 4. The number of rotatable bonds is 7. The number of benzene rings is 2. The molecule has 2 atom stereocenters. The van der Waals surface area contributed by atoms with Crippen molar-refractivity contribution in [3.05, 3.63) is 59.3 Å². The zero-order chi connectivity index (χ0) is 28.2. The van der Waals surface area contributed by atoms with E-state index in [1.807, 2.05) is 5.32 Å². The SMILES string of the molecule is O=C(O)NC(NC(=O)CNC(=O)c1cc(NC2=NCC(F)CN2)c2cn[nH]c2c1)c1ccc(C(F)(F)F)cc1. The van der Waals surface area contributed by atoms with Crippen LogP contribution in [0.2, 0.25) is 0 Å². The second-order valence-corrected chi connectivity index (χ2v) is 8.40. The number of hydrogen-bond acceptors (Lipinski definition) is 7. The zero-order valence-corrected chi connectivity index (χ0v) is 19.9. The fourth-order valence-corrected chi connectivity index (χ4v) is 3.68. The number of anilines is 1. The van der Waals surface area contributed by atoms with Crippen molar-refractivity contribution in [2.45, 2.75) is 18.5 Å². The fourth-order valence-electron chi connectivity index (χ4n) is 3.68. The van der Waals surface area contributed by atoms with Gasteiger partial charge in [0, 0.05) is 10.9 Å². The van der Waals surface area contributed by atoms with E-state index in [4.69, 9.17) is 5.11 Å². The predicted molar refractivity (Wildman–Crippen MR) is 131 cm³/mol. The van der Waals surface area contributed by atoms with Gasteiger partial charge >= 0.3 is 12.3 Å². The van der Waals surface area contributed by atoms with Crippen LogP contribution in [0.25, 0.3) is 10.9 Å². The number of nitrogens with one attached hydrogen (secondary N) is 6. The molecule has 0 radical (unpaired) electrons. The third-order valence-electron chi connectivity index (χ3n) is 5.57. The summed E-state index contributed by atoms with van der Waals surface area (Å²) in [7, 11) is 0. The van der Waals surface area contributed by atoms with Crippen molar-refractivity contribution in [2.75, 3.05) is 25.0 Å². The van der Waals surface area contributed by atoms with Crippen LogP contribution in [0.15, 0.2) is 47.6 Å². The molecule has 0 fully saturated rings. The van der Waals surface area contributed by atoms with E-state index in [0.29, 0.717) is 22.5 Å². The molecule has 3 amide bonds. The summed E-state index contributed by atoms with van der Waals surface area (Å²) in [6.07, 6.45) is -7.09. The number of aliphatic imine (C=N–C) groups is 1. The molecule has 1 aromatic heterocycles. The van der Waals surface area contributed by atoms with Crippen molar-refractivity contribution in [3.8, 4) is 0 Å². The highest BCUT2D eigenvalue weighted by Crippen LogP contribution is 2.29. The number of guanidine groups is 1. The second-order valence-electron chi connectivity index (χ2n) is 8.40. The summed E-state index contributed by atoms with van der Waals surface area (Å²) in [5, 5.41) is 28.9. The number of H-pyrrole nitrogens is 1. The molecule has 0 bridgehead atoms. The summed E-state index contributed by atoms with van der Waals surface area (Å²) in [4.78, 5) is 40.5. The van der Waals surface area contributed by atoms with Crippen LogP contribution in [0.3, 0.4) is 0 Å². The molecule has 7 N–H and O–H groups in total. The van der Waals surface area contributed by atoms with Crippen LogP contribution >= 0.6 is 0 Å². The van der Waals surface area contributed by atoms with E-state index < -0.39 is 48.5 Å². The molecule has 12 nitrogen and oxygen atoms in total. The van der Waals surface area contributed by atoms with Gasteiger partial charge in [-0.25, -0.2) is 14.2 Å². The van der Waals surface area contributed by atoms with E-state index in [-0.39, 0.29) is 24.2 Å². The molecule has 39 heavy (non-hydrogen) atoms. The Hall–Kier alpha value is -4.89. The first-order valence-corrected chi connectivity index (χ1v) is 11.4. The predicted octanol–water partition coefficient (Wildman–Crippen LogP) is 2.10. The number of halogens is 4. The monoisotopic (exact) mass is 550 g/mol. The molecule has 206 valence electrons. The van der Waals surface area contributed by atoms with Crippen molar-refractivity contribution in [1.82, 2.24) is 31.5 Å². The van der Waals surface area contributed by atoms with Crippen LogP contribution in [-0.4, -0.2) is 65.0 Å². The van der Waals surface area contributed by atoms with Crippen molar-refractivity contribution >= 4 is 40.5 Å². The lowest BCUT2D eigenvalue weighted by atomic mass is 10.1. The van der Waals surface area contributed by atoms with Gasteiger partial charge < -0.3 is 26.4 Å². The third-order valence-corrected chi connectivity index (χ3v) is 5.57. The first-order chi connectivity index (χ1) is 18.5. The average Bonchev–Trinajstić information content (AvgIpc) is 3.37. The number of amides is 3. The first-order valence-electron chi connectivity index (χ1n) is 11.4. The van der Waals surface area contributed by atoms with Gasteiger partial charge in [0.1, 0.15) is 12.3 Å². The normalized spacial score (nSPS) is 16.0. The van der Waals surface area contributed by atoms with Crippen LogP contribution < -0.4 is 26.6 Å². The first kappa shape index (κ1) is 27.2. The van der Waals surface area contributed by atoms with Crippen molar-refractivity contribution in [1.29, 1.82) is 0 Å². The van der Waals surface area contributed by atoms with Gasteiger partial charge in [-0.2, -0.15) is 18.3 Å². The van der Waals surface area contributed by atoms with E-state index >= 15 is 0 Å². The Balaban J connectivity index is 1.42. The molecule has 1 aliphatic rings. The van der Waals surface area contributed by atoms with Gasteiger partial charge in [-0.1, -0.05) is 12.1 Å². The molecule has 0 saturated carbocycles. The number of aromatic nitrogens is 2. The molecule has 3 aromatic rings. The largest absolute Gasteiger partial charge is 0.465 e.